The lowest BCUT2D eigenvalue weighted by Gasteiger charge is -2.29. The van der Waals surface area contributed by atoms with Gasteiger partial charge in [0.1, 0.15) is 6.61 Å². The van der Waals surface area contributed by atoms with Crippen molar-refractivity contribution in [2.75, 3.05) is 6.61 Å². The summed E-state index contributed by atoms with van der Waals surface area (Å²) in [5.41, 5.74) is 1.88. The molecule has 3 nitrogen and oxygen atoms in total. The van der Waals surface area contributed by atoms with Crippen molar-refractivity contribution >= 4 is 12.2 Å². The first kappa shape index (κ1) is 19.3. The van der Waals surface area contributed by atoms with Crippen molar-refractivity contribution in [3.8, 4) is 0 Å². The Hall–Kier alpha value is -3.46. The summed E-state index contributed by atoms with van der Waals surface area (Å²) in [4.78, 5) is 18.2. The lowest BCUT2D eigenvalue weighted by molar-refractivity contribution is -0.147. The largest absolute Gasteiger partial charge is 0.459 e. The zero-order valence-corrected chi connectivity index (χ0v) is 15.9. The van der Waals surface area contributed by atoms with Crippen molar-refractivity contribution in [3.63, 3.8) is 0 Å². The molecule has 3 heteroatoms. The summed E-state index contributed by atoms with van der Waals surface area (Å²) < 4.78 is 5.61. The average molecular weight is 369 g/mol. The van der Waals surface area contributed by atoms with Crippen molar-refractivity contribution < 1.29 is 9.53 Å². The van der Waals surface area contributed by atoms with Gasteiger partial charge in [-0.3, -0.25) is 4.99 Å². The Morgan fingerprint density at radius 1 is 0.893 bits per heavy atom. The standard InChI is InChI=1S/C25H23NO2/c1-20(2)19-28-24(27)25(22-14-8-4-9-15-22,23-16-10-5-11-17-23)26-18-21-12-6-3-7-13-21/h3-18H,1,19H2,2H3. The molecule has 0 saturated carbocycles. The van der Waals surface area contributed by atoms with Gasteiger partial charge < -0.3 is 4.74 Å². The molecule has 3 aromatic rings. The SMILES string of the molecule is C=C(C)COC(=O)C(N=Cc1ccccc1)(c1ccccc1)c1ccccc1. The van der Waals surface area contributed by atoms with Crippen LogP contribution >= 0.6 is 0 Å². The summed E-state index contributed by atoms with van der Waals surface area (Å²) in [6, 6.07) is 28.7. The molecule has 0 atom stereocenters. The molecular formula is C25H23NO2. The lowest BCUT2D eigenvalue weighted by atomic mass is 9.83. The molecule has 0 spiro atoms. The van der Waals surface area contributed by atoms with Crippen LogP contribution in [0, 0.1) is 0 Å². The van der Waals surface area contributed by atoms with Crippen molar-refractivity contribution in [2.24, 2.45) is 4.99 Å². The Labute approximate surface area is 166 Å². The Kier molecular flexibility index (Phi) is 6.18. The third kappa shape index (κ3) is 4.26. The van der Waals surface area contributed by atoms with Gasteiger partial charge in [-0.15, -0.1) is 0 Å². The Morgan fingerprint density at radius 3 is 1.82 bits per heavy atom. The molecule has 0 saturated heterocycles. The van der Waals surface area contributed by atoms with Gasteiger partial charge in [0, 0.05) is 6.21 Å². The van der Waals surface area contributed by atoms with Crippen LogP contribution < -0.4 is 0 Å². The molecule has 0 aliphatic carbocycles. The molecule has 3 rings (SSSR count). The number of carbonyl (C=O) groups excluding carboxylic acids is 1. The van der Waals surface area contributed by atoms with Gasteiger partial charge in [-0.1, -0.05) is 97.6 Å². The van der Waals surface area contributed by atoms with E-state index in [-0.39, 0.29) is 6.61 Å². The number of hydrogen-bond donors (Lipinski definition) is 0. The smallest absolute Gasteiger partial charge is 0.343 e. The van der Waals surface area contributed by atoms with Crippen molar-refractivity contribution in [1.82, 2.24) is 0 Å². The van der Waals surface area contributed by atoms with Crippen LogP contribution in [0.5, 0.6) is 0 Å². The van der Waals surface area contributed by atoms with Crippen LogP contribution in [-0.2, 0) is 15.1 Å². The molecule has 0 aromatic heterocycles. The van der Waals surface area contributed by atoms with Crippen LogP contribution in [0.25, 0.3) is 0 Å². The van der Waals surface area contributed by atoms with Crippen LogP contribution in [0.1, 0.15) is 23.6 Å². The fraction of sp³-hybridized carbons (Fsp3) is 0.120. The molecule has 0 unspecified atom stereocenters. The van der Waals surface area contributed by atoms with Gasteiger partial charge in [-0.2, -0.15) is 0 Å². The van der Waals surface area contributed by atoms with Gasteiger partial charge in [0.2, 0.25) is 5.54 Å². The second kappa shape index (κ2) is 8.96. The molecule has 0 aliphatic rings. The number of esters is 1. The van der Waals surface area contributed by atoms with E-state index in [9.17, 15) is 4.79 Å². The van der Waals surface area contributed by atoms with E-state index in [1.54, 1.807) is 6.21 Å². The minimum absolute atomic E-state index is 0.154. The third-order valence-electron chi connectivity index (χ3n) is 4.34. The first-order valence-corrected chi connectivity index (χ1v) is 9.16. The van der Waals surface area contributed by atoms with Crippen LogP contribution in [-0.4, -0.2) is 18.8 Å². The fourth-order valence-electron chi connectivity index (χ4n) is 2.97. The molecule has 0 N–H and O–H groups in total. The lowest BCUT2D eigenvalue weighted by Crippen LogP contribution is -2.37. The van der Waals surface area contributed by atoms with Gasteiger partial charge in [-0.25, -0.2) is 4.79 Å². The van der Waals surface area contributed by atoms with Gasteiger partial charge >= 0.3 is 5.97 Å². The molecule has 3 aromatic carbocycles. The second-order valence-electron chi connectivity index (χ2n) is 6.64. The maximum atomic E-state index is 13.4. The summed E-state index contributed by atoms with van der Waals surface area (Å²) in [7, 11) is 0. The Balaban J connectivity index is 2.18. The molecular weight excluding hydrogens is 346 g/mol. The van der Waals surface area contributed by atoms with Crippen molar-refractivity contribution in [2.45, 2.75) is 12.5 Å². The van der Waals surface area contributed by atoms with Crippen LogP contribution in [0.3, 0.4) is 0 Å². The predicted octanol–water partition coefficient (Wildman–Crippen LogP) is 5.17. The van der Waals surface area contributed by atoms with E-state index in [4.69, 9.17) is 9.73 Å². The fourth-order valence-corrected chi connectivity index (χ4v) is 2.97. The first-order chi connectivity index (χ1) is 13.6. The number of aliphatic imine (C=N–C) groups is 1. The molecule has 0 radical (unpaired) electrons. The van der Waals surface area contributed by atoms with Gasteiger partial charge in [-0.05, 0) is 29.2 Å². The number of ether oxygens (including phenoxy) is 1. The number of hydrogen-bond acceptors (Lipinski definition) is 3. The van der Waals surface area contributed by atoms with E-state index in [2.05, 4.69) is 6.58 Å². The quantitative estimate of drug-likeness (QED) is 0.327. The maximum absolute atomic E-state index is 13.4. The average Bonchev–Trinajstić information content (AvgIpc) is 2.75. The van der Waals surface area contributed by atoms with Crippen LogP contribution in [0.2, 0.25) is 0 Å². The number of rotatable bonds is 7. The number of carbonyl (C=O) groups is 1. The van der Waals surface area contributed by atoms with Crippen molar-refractivity contribution in [1.29, 1.82) is 0 Å². The normalized spacial score (nSPS) is 11.3. The first-order valence-electron chi connectivity index (χ1n) is 9.16. The van der Waals surface area contributed by atoms with E-state index < -0.39 is 11.5 Å². The molecule has 0 heterocycles. The molecule has 28 heavy (non-hydrogen) atoms. The maximum Gasteiger partial charge on any atom is 0.343 e. The van der Waals surface area contributed by atoms with Crippen LogP contribution in [0.15, 0.2) is 108 Å². The van der Waals surface area contributed by atoms with Crippen molar-refractivity contribution in [3.05, 3.63) is 120 Å². The van der Waals surface area contributed by atoms with Gasteiger partial charge in [0.25, 0.3) is 0 Å². The minimum Gasteiger partial charge on any atom is -0.459 e. The van der Waals surface area contributed by atoms with E-state index >= 15 is 0 Å². The van der Waals surface area contributed by atoms with E-state index in [0.29, 0.717) is 0 Å². The number of benzene rings is 3. The van der Waals surface area contributed by atoms with Gasteiger partial charge in [0.05, 0.1) is 0 Å². The zero-order valence-electron chi connectivity index (χ0n) is 15.9. The highest BCUT2D eigenvalue weighted by atomic mass is 16.5. The molecule has 0 aliphatic heterocycles. The highest BCUT2D eigenvalue weighted by Crippen LogP contribution is 2.35. The minimum atomic E-state index is -1.30. The molecule has 0 fully saturated rings. The predicted molar refractivity (Wildman–Crippen MR) is 113 cm³/mol. The Morgan fingerprint density at radius 2 is 1.36 bits per heavy atom. The topological polar surface area (TPSA) is 38.7 Å². The third-order valence-corrected chi connectivity index (χ3v) is 4.34. The molecule has 140 valence electrons. The zero-order chi connectivity index (χ0) is 19.8. The summed E-state index contributed by atoms with van der Waals surface area (Å²) in [5.74, 6) is -0.430. The molecule has 0 bridgehead atoms. The summed E-state index contributed by atoms with van der Waals surface area (Å²) in [5, 5.41) is 0. The summed E-state index contributed by atoms with van der Waals surface area (Å²) in [6.07, 6.45) is 1.72. The van der Waals surface area contributed by atoms with Gasteiger partial charge in [0.15, 0.2) is 0 Å². The second-order valence-corrected chi connectivity index (χ2v) is 6.64. The van der Waals surface area contributed by atoms with E-state index in [1.165, 1.54) is 0 Å². The monoisotopic (exact) mass is 369 g/mol. The van der Waals surface area contributed by atoms with E-state index in [0.717, 1.165) is 22.3 Å². The summed E-state index contributed by atoms with van der Waals surface area (Å²) in [6.45, 7) is 5.81. The number of nitrogens with zero attached hydrogens (tertiary/aromatic N) is 1. The van der Waals surface area contributed by atoms with E-state index in [1.807, 2.05) is 97.9 Å². The molecule has 0 amide bonds. The van der Waals surface area contributed by atoms with Crippen LogP contribution in [0.4, 0.5) is 0 Å². The highest BCUT2D eigenvalue weighted by Gasteiger charge is 2.43. The Bertz CT molecular complexity index is 908. The summed E-state index contributed by atoms with van der Waals surface area (Å²) >= 11 is 0. The highest BCUT2D eigenvalue weighted by molar-refractivity contribution is 5.91.